The Morgan fingerprint density at radius 1 is 1.56 bits per heavy atom. The second kappa shape index (κ2) is 3.96. The average Bonchev–Trinajstić information content (AvgIpc) is 1.87. The van der Waals surface area contributed by atoms with E-state index in [1.807, 2.05) is 14.0 Å². The minimum Gasteiger partial charge on any atom is -0.293 e. The average molecular weight is 124 g/mol. The van der Waals surface area contributed by atoms with Crippen LogP contribution in [-0.4, -0.2) is 24.8 Å². The molecule has 0 fully saturated rings. The molecular formula is C7H12N2. The molecular weight excluding hydrogens is 112 g/mol. The largest absolute Gasteiger partial charge is 0.293 e. The van der Waals surface area contributed by atoms with Crippen LogP contribution in [0.1, 0.15) is 13.8 Å². The zero-order valence-electron chi connectivity index (χ0n) is 6.39. The molecule has 50 valence electrons. The molecule has 0 aromatic rings. The van der Waals surface area contributed by atoms with Gasteiger partial charge >= 0.3 is 0 Å². The lowest BCUT2D eigenvalue weighted by molar-refractivity contribution is 0.718. The molecule has 0 aliphatic heterocycles. The van der Waals surface area contributed by atoms with Crippen molar-refractivity contribution in [2.45, 2.75) is 13.8 Å². The van der Waals surface area contributed by atoms with E-state index in [0.717, 1.165) is 5.84 Å². The van der Waals surface area contributed by atoms with Crippen LogP contribution in [0.2, 0.25) is 0 Å². The van der Waals surface area contributed by atoms with E-state index in [1.165, 1.54) is 0 Å². The van der Waals surface area contributed by atoms with Gasteiger partial charge in [0.05, 0.1) is 0 Å². The van der Waals surface area contributed by atoms with Gasteiger partial charge in [0.15, 0.2) is 0 Å². The highest BCUT2D eigenvalue weighted by atomic mass is 15.1. The number of rotatable bonds is 0. The van der Waals surface area contributed by atoms with Crippen LogP contribution in [0.3, 0.4) is 0 Å². The van der Waals surface area contributed by atoms with E-state index in [0.29, 0.717) is 0 Å². The van der Waals surface area contributed by atoms with Crippen LogP contribution in [0.5, 0.6) is 0 Å². The summed E-state index contributed by atoms with van der Waals surface area (Å²) in [5.74, 6) is 3.71. The maximum absolute atomic E-state index is 3.95. The third-order valence-electron chi connectivity index (χ3n) is 1.09. The topological polar surface area (TPSA) is 15.6 Å². The van der Waals surface area contributed by atoms with Crippen molar-refractivity contribution in [2.24, 2.45) is 4.99 Å². The Balaban J connectivity index is 3.99. The van der Waals surface area contributed by atoms with E-state index in [9.17, 15) is 0 Å². The van der Waals surface area contributed by atoms with E-state index >= 15 is 0 Å². The fourth-order valence-corrected chi connectivity index (χ4v) is 0.399. The Kier molecular flexibility index (Phi) is 3.54. The molecule has 0 bridgehead atoms. The fraction of sp³-hybridized carbons (Fsp3) is 0.571. The highest BCUT2D eigenvalue weighted by Crippen LogP contribution is 1.81. The number of nitrogens with zero attached hydrogens (tertiary/aromatic N) is 2. The van der Waals surface area contributed by atoms with Gasteiger partial charge in [-0.3, -0.25) is 9.89 Å². The molecule has 0 aromatic carbocycles. The first-order chi connectivity index (χ1) is 4.22. The molecule has 2 nitrogen and oxygen atoms in total. The first-order valence-corrected chi connectivity index (χ1v) is 2.82. The van der Waals surface area contributed by atoms with Gasteiger partial charge in [0.1, 0.15) is 5.84 Å². The molecule has 0 aliphatic rings. The second-order valence-corrected chi connectivity index (χ2v) is 1.69. The van der Waals surface area contributed by atoms with Gasteiger partial charge in [0.2, 0.25) is 0 Å². The first kappa shape index (κ1) is 8.03. The van der Waals surface area contributed by atoms with Gasteiger partial charge in [-0.05, 0) is 13.8 Å². The summed E-state index contributed by atoms with van der Waals surface area (Å²) in [5.41, 5.74) is 0. The van der Waals surface area contributed by atoms with Gasteiger partial charge in [-0.25, -0.2) is 0 Å². The van der Waals surface area contributed by atoms with Gasteiger partial charge < -0.3 is 0 Å². The monoisotopic (exact) mass is 124 g/mol. The second-order valence-electron chi connectivity index (χ2n) is 1.69. The predicted octanol–water partition coefficient (Wildman–Crippen LogP) is 0.947. The first-order valence-electron chi connectivity index (χ1n) is 2.82. The summed E-state index contributed by atoms with van der Waals surface area (Å²) < 4.78 is 0. The summed E-state index contributed by atoms with van der Waals surface area (Å²) in [6, 6.07) is 2.85. The van der Waals surface area contributed by atoms with Crippen LogP contribution >= 0.6 is 0 Å². The summed E-state index contributed by atoms with van der Waals surface area (Å²) in [5, 5.41) is 0. The highest BCUT2D eigenvalue weighted by molar-refractivity contribution is 5.80. The molecule has 0 unspecified atom stereocenters. The predicted molar refractivity (Wildman–Crippen MR) is 40.2 cm³/mol. The molecule has 0 amide bonds. The maximum Gasteiger partial charge on any atom is 0.107 e. The fourth-order valence-electron chi connectivity index (χ4n) is 0.399. The summed E-state index contributed by atoms with van der Waals surface area (Å²) in [6.45, 7) is 3.73. The van der Waals surface area contributed by atoms with Crippen LogP contribution in [0.4, 0.5) is 0 Å². The van der Waals surface area contributed by atoms with E-state index in [2.05, 4.69) is 17.0 Å². The Labute approximate surface area is 56.6 Å². The zero-order valence-corrected chi connectivity index (χ0v) is 6.39. The van der Waals surface area contributed by atoms with Crippen LogP contribution in [0.15, 0.2) is 4.99 Å². The number of hydrogen-bond acceptors (Lipinski definition) is 1. The standard InChI is InChI=1S/C7H12N2/c1-5-6-9(4)7(2)8-3/h1-4H3/b8-7-. The Hall–Kier alpha value is -0.970. The van der Waals surface area contributed by atoms with Crippen molar-refractivity contribution in [1.29, 1.82) is 0 Å². The molecule has 0 spiro atoms. The van der Waals surface area contributed by atoms with Crippen molar-refractivity contribution in [2.75, 3.05) is 14.1 Å². The minimum atomic E-state index is 0.935. The molecule has 0 atom stereocenters. The molecule has 2 heteroatoms. The Morgan fingerprint density at radius 2 is 2.11 bits per heavy atom. The van der Waals surface area contributed by atoms with Crippen LogP contribution < -0.4 is 0 Å². The lowest BCUT2D eigenvalue weighted by Crippen LogP contribution is -2.17. The van der Waals surface area contributed by atoms with Crippen molar-refractivity contribution in [1.82, 2.24) is 4.90 Å². The SMILES string of the molecule is CC#CN(C)/C(C)=N\C. The molecule has 9 heavy (non-hydrogen) atoms. The molecule has 0 heterocycles. The van der Waals surface area contributed by atoms with Gasteiger partial charge in [0.25, 0.3) is 0 Å². The van der Waals surface area contributed by atoms with Crippen molar-refractivity contribution >= 4 is 5.84 Å². The van der Waals surface area contributed by atoms with Gasteiger partial charge in [-0.15, -0.1) is 0 Å². The van der Waals surface area contributed by atoms with Crippen molar-refractivity contribution in [3.63, 3.8) is 0 Å². The smallest absolute Gasteiger partial charge is 0.107 e. The quantitative estimate of drug-likeness (QED) is 0.203. The van der Waals surface area contributed by atoms with Crippen molar-refractivity contribution in [3.8, 4) is 12.0 Å². The van der Waals surface area contributed by atoms with E-state index in [-0.39, 0.29) is 0 Å². The number of amidine groups is 1. The van der Waals surface area contributed by atoms with Gasteiger partial charge in [0, 0.05) is 20.1 Å². The van der Waals surface area contributed by atoms with Crippen LogP contribution in [0.25, 0.3) is 0 Å². The van der Waals surface area contributed by atoms with E-state index in [1.54, 1.807) is 18.9 Å². The maximum atomic E-state index is 3.95. The normalized spacial score (nSPS) is 10.0. The van der Waals surface area contributed by atoms with Crippen molar-refractivity contribution in [3.05, 3.63) is 0 Å². The number of aliphatic imine (C=N–C) groups is 1. The van der Waals surface area contributed by atoms with Gasteiger partial charge in [-0.2, -0.15) is 0 Å². The lowest BCUT2D eigenvalue weighted by Gasteiger charge is -2.07. The molecule has 0 saturated carbocycles. The molecule has 0 N–H and O–H groups in total. The molecule has 0 saturated heterocycles. The van der Waals surface area contributed by atoms with Crippen LogP contribution in [-0.2, 0) is 0 Å². The van der Waals surface area contributed by atoms with Crippen molar-refractivity contribution < 1.29 is 0 Å². The Morgan fingerprint density at radius 3 is 2.44 bits per heavy atom. The molecule has 0 aromatic heterocycles. The van der Waals surface area contributed by atoms with Crippen LogP contribution in [0, 0.1) is 12.0 Å². The number of hydrogen-bond donors (Lipinski definition) is 0. The molecule has 0 radical (unpaired) electrons. The van der Waals surface area contributed by atoms with E-state index < -0.39 is 0 Å². The highest BCUT2D eigenvalue weighted by Gasteiger charge is 1.90. The molecule has 0 aliphatic carbocycles. The summed E-state index contributed by atoms with van der Waals surface area (Å²) in [6.07, 6.45) is 0. The third-order valence-corrected chi connectivity index (χ3v) is 1.09. The summed E-state index contributed by atoms with van der Waals surface area (Å²) in [7, 11) is 3.64. The minimum absolute atomic E-state index is 0.935. The summed E-state index contributed by atoms with van der Waals surface area (Å²) >= 11 is 0. The van der Waals surface area contributed by atoms with E-state index in [4.69, 9.17) is 0 Å². The Bertz CT molecular complexity index is 159. The lowest BCUT2D eigenvalue weighted by atomic mass is 10.6. The van der Waals surface area contributed by atoms with Gasteiger partial charge in [-0.1, -0.05) is 5.92 Å². The molecule has 0 rings (SSSR count). The summed E-state index contributed by atoms with van der Waals surface area (Å²) in [4.78, 5) is 5.74. The third kappa shape index (κ3) is 2.76. The zero-order chi connectivity index (χ0) is 7.28.